The molecule has 4 rings (SSSR count). The molecular weight excluding hydrogens is 384 g/mol. The predicted molar refractivity (Wildman–Crippen MR) is 115 cm³/mol. The minimum Gasteiger partial charge on any atom is -0.467 e. The van der Waals surface area contributed by atoms with Gasteiger partial charge in [0.15, 0.2) is 0 Å². The number of furan rings is 1. The van der Waals surface area contributed by atoms with Crippen molar-refractivity contribution in [2.45, 2.75) is 19.9 Å². The topological polar surface area (TPSA) is 71.3 Å². The summed E-state index contributed by atoms with van der Waals surface area (Å²) in [6, 6.07) is 13.9. The van der Waals surface area contributed by atoms with Crippen LogP contribution in [0.3, 0.4) is 0 Å². The van der Waals surface area contributed by atoms with Crippen molar-refractivity contribution < 1.29 is 9.21 Å². The highest BCUT2D eigenvalue weighted by atomic mass is 32.1. The minimum absolute atomic E-state index is 0.0124. The number of nitrogens with zero attached hydrogens (tertiary/aromatic N) is 3. The SMILES string of the molecule is Cc1c(C(=O)N(C)CCc2ccccc2)sc2ncnc(NCc3ccco3)c12. The van der Waals surface area contributed by atoms with Gasteiger partial charge in [0.2, 0.25) is 0 Å². The number of benzene rings is 1. The number of hydrogen-bond acceptors (Lipinski definition) is 6. The standard InChI is InChI=1S/C22H22N4O2S/c1-15-18-20(23-13-17-9-6-12-28-17)24-14-25-21(18)29-19(15)22(27)26(2)11-10-16-7-4-3-5-8-16/h3-9,12,14H,10-11,13H2,1-2H3,(H,23,24,25). The lowest BCUT2D eigenvalue weighted by Crippen LogP contribution is -2.28. The van der Waals surface area contributed by atoms with E-state index in [2.05, 4.69) is 27.4 Å². The number of aromatic nitrogens is 2. The highest BCUT2D eigenvalue weighted by molar-refractivity contribution is 7.20. The van der Waals surface area contributed by atoms with Gasteiger partial charge in [0.25, 0.3) is 5.91 Å². The van der Waals surface area contributed by atoms with Crippen LogP contribution in [0.5, 0.6) is 0 Å². The van der Waals surface area contributed by atoms with Gasteiger partial charge in [-0.3, -0.25) is 4.79 Å². The van der Waals surface area contributed by atoms with Crippen LogP contribution in [0.4, 0.5) is 5.82 Å². The van der Waals surface area contributed by atoms with E-state index in [9.17, 15) is 4.79 Å². The summed E-state index contributed by atoms with van der Waals surface area (Å²) < 4.78 is 5.37. The van der Waals surface area contributed by atoms with Gasteiger partial charge >= 0.3 is 0 Å². The molecule has 0 aliphatic heterocycles. The van der Waals surface area contributed by atoms with Crippen LogP contribution in [-0.2, 0) is 13.0 Å². The first-order valence-electron chi connectivity index (χ1n) is 9.43. The number of hydrogen-bond donors (Lipinski definition) is 1. The summed E-state index contributed by atoms with van der Waals surface area (Å²) in [5.41, 5.74) is 2.12. The van der Waals surface area contributed by atoms with E-state index in [4.69, 9.17) is 4.42 Å². The molecule has 0 atom stereocenters. The Kier molecular flexibility index (Phi) is 5.57. The van der Waals surface area contributed by atoms with E-state index >= 15 is 0 Å². The van der Waals surface area contributed by atoms with Crippen molar-refractivity contribution in [2.24, 2.45) is 0 Å². The Morgan fingerprint density at radius 2 is 2.00 bits per heavy atom. The molecule has 148 valence electrons. The summed E-state index contributed by atoms with van der Waals surface area (Å²) in [5.74, 6) is 1.55. The number of fused-ring (bicyclic) bond motifs is 1. The molecule has 0 fully saturated rings. The maximum absolute atomic E-state index is 13.1. The number of likely N-dealkylation sites (N-methyl/N-ethyl adjacent to an activating group) is 1. The van der Waals surface area contributed by atoms with Crippen LogP contribution in [0.25, 0.3) is 10.2 Å². The van der Waals surface area contributed by atoms with Gasteiger partial charge in [-0.2, -0.15) is 0 Å². The van der Waals surface area contributed by atoms with E-state index in [0.717, 1.165) is 28.0 Å². The van der Waals surface area contributed by atoms with Crippen LogP contribution in [0, 0.1) is 6.92 Å². The van der Waals surface area contributed by atoms with E-state index in [1.54, 1.807) is 11.2 Å². The number of anilines is 1. The second-order valence-corrected chi connectivity index (χ2v) is 7.85. The normalized spacial score (nSPS) is 11.0. The first kappa shape index (κ1) is 19.1. The van der Waals surface area contributed by atoms with E-state index in [1.165, 1.54) is 23.2 Å². The Balaban J connectivity index is 1.53. The fourth-order valence-corrected chi connectivity index (χ4v) is 4.35. The largest absolute Gasteiger partial charge is 0.467 e. The molecule has 1 aromatic carbocycles. The molecule has 0 aliphatic carbocycles. The van der Waals surface area contributed by atoms with Gasteiger partial charge in [-0.15, -0.1) is 11.3 Å². The molecule has 0 saturated heterocycles. The van der Waals surface area contributed by atoms with Crippen molar-refractivity contribution in [3.05, 3.63) is 76.8 Å². The third-order valence-corrected chi connectivity index (χ3v) is 6.04. The summed E-state index contributed by atoms with van der Waals surface area (Å²) in [5, 5.41) is 4.19. The Hall–Kier alpha value is -3.19. The van der Waals surface area contributed by atoms with Crippen LogP contribution >= 0.6 is 11.3 Å². The Bertz CT molecular complexity index is 1110. The molecule has 0 bridgehead atoms. The van der Waals surface area contributed by atoms with Gasteiger partial charge in [0.1, 0.15) is 22.7 Å². The Labute approximate surface area is 173 Å². The van der Waals surface area contributed by atoms with Crippen molar-refractivity contribution in [1.29, 1.82) is 0 Å². The number of carbonyl (C=O) groups excluding carboxylic acids is 1. The van der Waals surface area contributed by atoms with Crippen molar-refractivity contribution in [3.8, 4) is 0 Å². The number of rotatable bonds is 7. The molecule has 7 heteroatoms. The molecule has 0 saturated carbocycles. The van der Waals surface area contributed by atoms with Crippen molar-refractivity contribution >= 4 is 33.3 Å². The molecule has 6 nitrogen and oxygen atoms in total. The van der Waals surface area contributed by atoms with E-state index < -0.39 is 0 Å². The molecule has 1 N–H and O–H groups in total. The lowest BCUT2D eigenvalue weighted by atomic mass is 10.1. The van der Waals surface area contributed by atoms with Gasteiger partial charge < -0.3 is 14.6 Å². The zero-order valence-electron chi connectivity index (χ0n) is 16.4. The van der Waals surface area contributed by atoms with Gasteiger partial charge in [-0.1, -0.05) is 30.3 Å². The number of aryl methyl sites for hydroxylation is 1. The molecule has 0 radical (unpaired) electrons. The molecule has 3 aromatic heterocycles. The number of amides is 1. The van der Waals surface area contributed by atoms with Crippen molar-refractivity contribution in [2.75, 3.05) is 18.9 Å². The van der Waals surface area contributed by atoms with Gasteiger partial charge in [0, 0.05) is 13.6 Å². The fraction of sp³-hybridized carbons (Fsp3) is 0.227. The average molecular weight is 407 g/mol. The highest BCUT2D eigenvalue weighted by Crippen LogP contribution is 2.34. The maximum Gasteiger partial charge on any atom is 0.264 e. The molecule has 0 spiro atoms. The number of thiophene rings is 1. The Morgan fingerprint density at radius 1 is 1.17 bits per heavy atom. The fourth-order valence-electron chi connectivity index (χ4n) is 3.21. The maximum atomic E-state index is 13.1. The first-order chi connectivity index (χ1) is 14.1. The third kappa shape index (κ3) is 4.14. The Morgan fingerprint density at radius 3 is 2.76 bits per heavy atom. The molecular formula is C22H22N4O2S. The smallest absolute Gasteiger partial charge is 0.264 e. The summed E-state index contributed by atoms with van der Waals surface area (Å²) >= 11 is 1.41. The van der Waals surface area contributed by atoms with Crippen LogP contribution in [0.2, 0.25) is 0 Å². The van der Waals surface area contributed by atoms with Crippen LogP contribution in [0.1, 0.15) is 26.6 Å². The van der Waals surface area contributed by atoms with E-state index in [1.807, 2.05) is 44.3 Å². The van der Waals surface area contributed by atoms with Crippen LogP contribution in [0.15, 0.2) is 59.5 Å². The molecule has 0 aliphatic rings. The lowest BCUT2D eigenvalue weighted by molar-refractivity contribution is 0.0801. The van der Waals surface area contributed by atoms with Gasteiger partial charge in [-0.05, 0) is 36.6 Å². The molecule has 29 heavy (non-hydrogen) atoms. The molecule has 3 heterocycles. The zero-order valence-corrected chi connectivity index (χ0v) is 17.2. The van der Waals surface area contributed by atoms with Crippen molar-refractivity contribution in [3.63, 3.8) is 0 Å². The first-order valence-corrected chi connectivity index (χ1v) is 10.2. The summed E-state index contributed by atoms with van der Waals surface area (Å²) in [6.45, 7) is 3.14. The molecule has 4 aromatic rings. The summed E-state index contributed by atoms with van der Waals surface area (Å²) in [4.78, 5) is 25.1. The van der Waals surface area contributed by atoms with Gasteiger partial charge in [-0.25, -0.2) is 9.97 Å². The average Bonchev–Trinajstić information content (AvgIpc) is 3.39. The van der Waals surface area contributed by atoms with Crippen molar-refractivity contribution in [1.82, 2.24) is 14.9 Å². The highest BCUT2D eigenvalue weighted by Gasteiger charge is 2.21. The monoisotopic (exact) mass is 406 g/mol. The van der Waals surface area contributed by atoms with Crippen LogP contribution < -0.4 is 5.32 Å². The van der Waals surface area contributed by atoms with E-state index in [-0.39, 0.29) is 5.91 Å². The number of carbonyl (C=O) groups is 1. The molecule has 0 unspecified atom stereocenters. The quantitative estimate of drug-likeness (QED) is 0.489. The minimum atomic E-state index is 0.0124. The summed E-state index contributed by atoms with van der Waals surface area (Å²) in [6.07, 6.45) is 3.99. The second kappa shape index (κ2) is 8.45. The van der Waals surface area contributed by atoms with E-state index in [0.29, 0.717) is 23.8 Å². The third-order valence-electron chi connectivity index (χ3n) is 4.86. The number of nitrogens with one attached hydrogen (secondary N) is 1. The lowest BCUT2D eigenvalue weighted by Gasteiger charge is -2.16. The second-order valence-electron chi connectivity index (χ2n) is 6.85. The zero-order chi connectivity index (χ0) is 20.2. The molecule has 1 amide bonds. The van der Waals surface area contributed by atoms with Gasteiger partial charge in [0.05, 0.1) is 23.1 Å². The van der Waals surface area contributed by atoms with Crippen LogP contribution in [-0.4, -0.2) is 34.4 Å². The summed E-state index contributed by atoms with van der Waals surface area (Å²) in [7, 11) is 1.84. The predicted octanol–water partition coefficient (Wildman–Crippen LogP) is 4.52.